The van der Waals surface area contributed by atoms with E-state index in [0.717, 1.165) is 11.1 Å². The zero-order valence-electron chi connectivity index (χ0n) is 19.6. The second kappa shape index (κ2) is 13.3. The van der Waals surface area contributed by atoms with Crippen LogP contribution < -0.4 is 14.8 Å². The molecular formula is C25H32Cl2N2O4. The van der Waals surface area contributed by atoms with E-state index in [4.69, 9.17) is 32.7 Å². The fraction of sp³-hybridized carbons (Fsp3) is 0.440. The molecule has 0 saturated heterocycles. The summed E-state index contributed by atoms with van der Waals surface area (Å²) in [5.41, 5.74) is 1.68. The maximum atomic E-state index is 13.3. The number of rotatable bonds is 12. The zero-order chi connectivity index (χ0) is 24.4. The number of nitrogens with one attached hydrogen (secondary N) is 1. The summed E-state index contributed by atoms with van der Waals surface area (Å²) in [7, 11) is 0. The summed E-state index contributed by atoms with van der Waals surface area (Å²) >= 11 is 12.3. The molecule has 33 heavy (non-hydrogen) atoms. The Morgan fingerprint density at radius 2 is 1.70 bits per heavy atom. The lowest BCUT2D eigenvalue weighted by atomic mass is 10.1. The smallest absolute Gasteiger partial charge is 0.242 e. The fourth-order valence-corrected chi connectivity index (χ4v) is 3.85. The van der Waals surface area contributed by atoms with Gasteiger partial charge in [-0.25, -0.2) is 0 Å². The van der Waals surface area contributed by atoms with Crippen LogP contribution in [0.3, 0.4) is 0 Å². The quantitative estimate of drug-likeness (QED) is 0.435. The van der Waals surface area contributed by atoms with Crippen LogP contribution in [-0.4, -0.2) is 42.5 Å². The predicted octanol–water partition coefficient (Wildman–Crippen LogP) is 5.28. The average Bonchev–Trinajstić information content (AvgIpc) is 2.78. The minimum absolute atomic E-state index is 0.147. The molecule has 0 aliphatic rings. The number of ether oxygens (including phenoxy) is 2. The van der Waals surface area contributed by atoms with E-state index >= 15 is 0 Å². The number of likely N-dealkylation sites (N-methyl/N-ethyl adjacent to an activating group) is 1. The minimum atomic E-state index is -0.650. The molecule has 0 unspecified atom stereocenters. The van der Waals surface area contributed by atoms with Crippen molar-refractivity contribution in [1.82, 2.24) is 10.2 Å². The molecule has 2 rings (SSSR count). The molecule has 2 aromatic rings. The lowest BCUT2D eigenvalue weighted by Crippen LogP contribution is -2.47. The lowest BCUT2D eigenvalue weighted by molar-refractivity contribution is -0.140. The summed E-state index contributed by atoms with van der Waals surface area (Å²) in [6.45, 7) is 9.14. The fourth-order valence-electron chi connectivity index (χ4n) is 3.38. The molecule has 0 spiro atoms. The van der Waals surface area contributed by atoms with Gasteiger partial charge in [-0.15, -0.1) is 0 Å². The Morgan fingerprint density at radius 1 is 1.00 bits per heavy atom. The van der Waals surface area contributed by atoms with Crippen LogP contribution in [0, 0.1) is 0 Å². The Kier molecular flexibility index (Phi) is 10.8. The molecule has 0 aliphatic heterocycles. The largest absolute Gasteiger partial charge is 0.490 e. The van der Waals surface area contributed by atoms with Crippen molar-refractivity contribution >= 4 is 35.0 Å². The number of hydrogen-bond donors (Lipinski definition) is 1. The van der Waals surface area contributed by atoms with Gasteiger partial charge in [-0.2, -0.15) is 0 Å². The van der Waals surface area contributed by atoms with Crippen LogP contribution in [-0.2, 0) is 22.6 Å². The molecule has 8 heteroatoms. The summed E-state index contributed by atoms with van der Waals surface area (Å²) in [4.78, 5) is 27.3. The first-order valence-corrected chi connectivity index (χ1v) is 12.0. The first-order chi connectivity index (χ1) is 15.8. The van der Waals surface area contributed by atoms with E-state index in [1.54, 1.807) is 30.0 Å². The maximum Gasteiger partial charge on any atom is 0.242 e. The van der Waals surface area contributed by atoms with Crippen LogP contribution in [0.5, 0.6) is 11.5 Å². The first kappa shape index (κ1) is 26.8. The SMILES string of the molecule is CCNC(=O)[C@H](C)N(Cc1ccc(Cl)cc1Cl)C(=O)CCc1ccc(OCC)c(OCC)c1. The van der Waals surface area contributed by atoms with Crippen molar-refractivity contribution in [3.63, 3.8) is 0 Å². The molecule has 2 aromatic carbocycles. The highest BCUT2D eigenvalue weighted by molar-refractivity contribution is 6.35. The second-order valence-electron chi connectivity index (χ2n) is 7.48. The average molecular weight is 495 g/mol. The normalized spacial score (nSPS) is 11.6. The molecule has 0 saturated carbocycles. The molecule has 0 fully saturated rings. The summed E-state index contributed by atoms with van der Waals surface area (Å²) in [5.74, 6) is 0.977. The summed E-state index contributed by atoms with van der Waals surface area (Å²) < 4.78 is 11.3. The molecule has 0 radical (unpaired) electrons. The van der Waals surface area contributed by atoms with Crippen molar-refractivity contribution in [2.75, 3.05) is 19.8 Å². The third-order valence-electron chi connectivity index (χ3n) is 5.11. The maximum absolute atomic E-state index is 13.3. The van der Waals surface area contributed by atoms with E-state index in [1.165, 1.54) is 0 Å². The standard InChI is InChI=1S/C25H32Cl2N2O4/c1-5-28-25(31)17(4)29(16-19-10-11-20(26)15-21(19)27)24(30)13-9-18-8-12-22(32-6-2)23(14-18)33-7-3/h8,10-12,14-15,17H,5-7,9,13,16H2,1-4H3,(H,28,31)/t17-/m0/s1. The van der Waals surface area contributed by atoms with Crippen LogP contribution in [0.15, 0.2) is 36.4 Å². The van der Waals surface area contributed by atoms with E-state index in [9.17, 15) is 9.59 Å². The van der Waals surface area contributed by atoms with Crippen LogP contribution in [0.2, 0.25) is 10.0 Å². The van der Waals surface area contributed by atoms with Crippen LogP contribution >= 0.6 is 23.2 Å². The lowest BCUT2D eigenvalue weighted by Gasteiger charge is -2.29. The number of benzene rings is 2. The van der Waals surface area contributed by atoms with Gasteiger partial charge in [-0.05, 0) is 69.5 Å². The number of amides is 2. The van der Waals surface area contributed by atoms with Gasteiger partial charge >= 0.3 is 0 Å². The molecule has 6 nitrogen and oxygen atoms in total. The van der Waals surface area contributed by atoms with Gasteiger partial charge in [-0.3, -0.25) is 9.59 Å². The number of carbonyl (C=O) groups excluding carboxylic acids is 2. The van der Waals surface area contributed by atoms with E-state index < -0.39 is 6.04 Å². The molecule has 1 atom stereocenters. The molecule has 1 N–H and O–H groups in total. The molecule has 180 valence electrons. The van der Waals surface area contributed by atoms with Crippen molar-refractivity contribution in [3.8, 4) is 11.5 Å². The first-order valence-electron chi connectivity index (χ1n) is 11.2. The van der Waals surface area contributed by atoms with Crippen molar-refractivity contribution in [1.29, 1.82) is 0 Å². The Morgan fingerprint density at radius 3 is 2.33 bits per heavy atom. The topological polar surface area (TPSA) is 67.9 Å². The molecule has 0 aliphatic carbocycles. The van der Waals surface area contributed by atoms with E-state index in [1.807, 2.05) is 39.0 Å². The Labute approximate surface area is 206 Å². The van der Waals surface area contributed by atoms with Gasteiger partial charge in [0.15, 0.2) is 11.5 Å². The second-order valence-corrected chi connectivity index (χ2v) is 8.32. The van der Waals surface area contributed by atoms with Crippen molar-refractivity contribution in [3.05, 3.63) is 57.6 Å². The Bertz CT molecular complexity index is 952. The van der Waals surface area contributed by atoms with Crippen LogP contribution in [0.4, 0.5) is 0 Å². The number of halogens is 2. The molecule has 0 heterocycles. The third kappa shape index (κ3) is 7.83. The van der Waals surface area contributed by atoms with Gasteiger partial charge in [-0.1, -0.05) is 35.3 Å². The third-order valence-corrected chi connectivity index (χ3v) is 5.70. The highest BCUT2D eigenvalue weighted by Gasteiger charge is 2.26. The van der Waals surface area contributed by atoms with Gasteiger partial charge in [0.25, 0.3) is 0 Å². The number of hydrogen-bond acceptors (Lipinski definition) is 4. The summed E-state index contributed by atoms with van der Waals surface area (Å²) in [6.07, 6.45) is 0.729. The molecule has 0 aromatic heterocycles. The molecule has 2 amide bonds. The van der Waals surface area contributed by atoms with Crippen LogP contribution in [0.25, 0.3) is 0 Å². The highest BCUT2D eigenvalue weighted by atomic mass is 35.5. The predicted molar refractivity (Wildman–Crippen MR) is 132 cm³/mol. The highest BCUT2D eigenvalue weighted by Crippen LogP contribution is 2.29. The van der Waals surface area contributed by atoms with Gasteiger partial charge in [0, 0.05) is 29.6 Å². The number of aryl methyl sites for hydroxylation is 1. The van der Waals surface area contributed by atoms with E-state index in [2.05, 4.69) is 5.32 Å². The van der Waals surface area contributed by atoms with Crippen LogP contribution in [0.1, 0.15) is 45.2 Å². The Hall–Kier alpha value is -2.44. The summed E-state index contributed by atoms with van der Waals surface area (Å²) in [5, 5.41) is 3.75. The summed E-state index contributed by atoms with van der Waals surface area (Å²) in [6, 6.07) is 10.2. The molecular weight excluding hydrogens is 463 g/mol. The Balaban J connectivity index is 2.20. The van der Waals surface area contributed by atoms with Gasteiger partial charge in [0.05, 0.1) is 13.2 Å². The number of carbonyl (C=O) groups is 2. The van der Waals surface area contributed by atoms with Crippen molar-refractivity contribution in [2.24, 2.45) is 0 Å². The molecule has 0 bridgehead atoms. The van der Waals surface area contributed by atoms with E-state index in [-0.39, 0.29) is 24.8 Å². The van der Waals surface area contributed by atoms with Gasteiger partial charge in [0.1, 0.15) is 6.04 Å². The van der Waals surface area contributed by atoms with E-state index in [0.29, 0.717) is 47.7 Å². The van der Waals surface area contributed by atoms with Crippen molar-refractivity contribution in [2.45, 2.75) is 53.1 Å². The monoisotopic (exact) mass is 494 g/mol. The van der Waals surface area contributed by atoms with Gasteiger partial charge < -0.3 is 19.7 Å². The van der Waals surface area contributed by atoms with Gasteiger partial charge in [0.2, 0.25) is 11.8 Å². The van der Waals surface area contributed by atoms with Crippen molar-refractivity contribution < 1.29 is 19.1 Å². The zero-order valence-corrected chi connectivity index (χ0v) is 21.1. The minimum Gasteiger partial charge on any atom is -0.490 e. The number of nitrogens with zero attached hydrogens (tertiary/aromatic N) is 1.